The Morgan fingerprint density at radius 1 is 1.33 bits per heavy atom. The molecule has 0 saturated heterocycles. The summed E-state index contributed by atoms with van der Waals surface area (Å²) in [6.45, 7) is 2.26. The second-order valence-corrected chi connectivity index (χ2v) is 7.26. The zero-order valence-corrected chi connectivity index (χ0v) is 14.2. The van der Waals surface area contributed by atoms with E-state index in [9.17, 15) is 4.79 Å². The van der Waals surface area contributed by atoms with Crippen LogP contribution in [0.25, 0.3) is 5.69 Å². The molecule has 0 radical (unpaired) electrons. The van der Waals surface area contributed by atoms with Crippen LogP contribution in [-0.4, -0.2) is 20.4 Å². The SMILES string of the molecule is CC1CCc2nc(NC(=O)c3cncn3-c3ccccc3)sc2C1. The Morgan fingerprint density at radius 3 is 3.00 bits per heavy atom. The van der Waals surface area contributed by atoms with Crippen molar-refractivity contribution in [2.24, 2.45) is 5.92 Å². The van der Waals surface area contributed by atoms with E-state index >= 15 is 0 Å². The summed E-state index contributed by atoms with van der Waals surface area (Å²) >= 11 is 1.59. The molecule has 0 aliphatic heterocycles. The van der Waals surface area contributed by atoms with Crippen LogP contribution in [0.2, 0.25) is 0 Å². The molecule has 5 nitrogen and oxygen atoms in total. The number of thiazole rings is 1. The van der Waals surface area contributed by atoms with Crippen LogP contribution in [-0.2, 0) is 12.8 Å². The molecule has 1 aromatic carbocycles. The minimum Gasteiger partial charge on any atom is -0.296 e. The van der Waals surface area contributed by atoms with Gasteiger partial charge in [0.25, 0.3) is 5.91 Å². The van der Waals surface area contributed by atoms with Crippen LogP contribution in [0.5, 0.6) is 0 Å². The van der Waals surface area contributed by atoms with E-state index in [4.69, 9.17) is 0 Å². The highest BCUT2D eigenvalue weighted by atomic mass is 32.1. The third-order valence-electron chi connectivity index (χ3n) is 4.31. The first-order valence-electron chi connectivity index (χ1n) is 8.08. The Bertz CT molecular complexity index is 868. The minimum absolute atomic E-state index is 0.185. The zero-order valence-electron chi connectivity index (χ0n) is 13.4. The average Bonchev–Trinajstić information content (AvgIpc) is 3.21. The Labute approximate surface area is 144 Å². The second kappa shape index (κ2) is 6.20. The van der Waals surface area contributed by atoms with Crippen molar-refractivity contribution in [3.8, 4) is 5.69 Å². The van der Waals surface area contributed by atoms with E-state index in [-0.39, 0.29) is 5.91 Å². The van der Waals surface area contributed by atoms with Crippen LogP contribution in [0.15, 0.2) is 42.9 Å². The van der Waals surface area contributed by atoms with Crippen LogP contribution in [0.1, 0.15) is 34.4 Å². The van der Waals surface area contributed by atoms with Gasteiger partial charge in [-0.2, -0.15) is 0 Å². The Kier molecular flexibility index (Phi) is 3.90. The van der Waals surface area contributed by atoms with Crippen molar-refractivity contribution < 1.29 is 4.79 Å². The van der Waals surface area contributed by atoms with Crippen molar-refractivity contribution in [3.05, 3.63) is 59.1 Å². The quantitative estimate of drug-likeness (QED) is 0.792. The smallest absolute Gasteiger partial charge is 0.276 e. The number of carbonyl (C=O) groups excluding carboxylic acids is 1. The van der Waals surface area contributed by atoms with Gasteiger partial charge in [0.15, 0.2) is 5.13 Å². The maximum Gasteiger partial charge on any atom is 0.276 e. The molecule has 1 N–H and O–H groups in total. The summed E-state index contributed by atoms with van der Waals surface area (Å²) in [5.41, 5.74) is 2.56. The molecule has 6 heteroatoms. The lowest BCUT2D eigenvalue weighted by atomic mass is 9.93. The molecule has 0 fully saturated rings. The lowest BCUT2D eigenvalue weighted by Gasteiger charge is -2.15. The largest absolute Gasteiger partial charge is 0.296 e. The van der Waals surface area contributed by atoms with Crippen molar-refractivity contribution in [2.75, 3.05) is 5.32 Å². The lowest BCUT2D eigenvalue weighted by molar-refractivity contribution is 0.102. The van der Waals surface area contributed by atoms with Gasteiger partial charge in [0.1, 0.15) is 5.69 Å². The summed E-state index contributed by atoms with van der Waals surface area (Å²) in [5.74, 6) is 0.511. The number of carbonyl (C=O) groups is 1. The maximum atomic E-state index is 12.6. The van der Waals surface area contributed by atoms with Crippen LogP contribution < -0.4 is 5.32 Å². The number of hydrogen-bond acceptors (Lipinski definition) is 4. The van der Waals surface area contributed by atoms with Gasteiger partial charge in [0.2, 0.25) is 0 Å². The summed E-state index contributed by atoms with van der Waals surface area (Å²) in [7, 11) is 0. The van der Waals surface area contributed by atoms with Gasteiger partial charge in [0.05, 0.1) is 18.2 Å². The predicted octanol–water partition coefficient (Wildman–Crippen LogP) is 3.71. The molecule has 1 aliphatic rings. The highest BCUT2D eigenvalue weighted by molar-refractivity contribution is 7.15. The number of imidazole rings is 1. The molecule has 1 aliphatic carbocycles. The van der Waals surface area contributed by atoms with Gasteiger partial charge in [-0.25, -0.2) is 9.97 Å². The number of aromatic nitrogens is 3. The van der Waals surface area contributed by atoms with Crippen LogP contribution in [0, 0.1) is 5.92 Å². The first-order chi connectivity index (χ1) is 11.7. The molecule has 1 atom stereocenters. The number of nitrogens with one attached hydrogen (secondary N) is 1. The van der Waals surface area contributed by atoms with E-state index in [1.54, 1.807) is 28.4 Å². The highest BCUT2D eigenvalue weighted by Gasteiger charge is 2.21. The van der Waals surface area contributed by atoms with Gasteiger partial charge in [-0.3, -0.25) is 14.7 Å². The summed E-state index contributed by atoms with van der Waals surface area (Å²) in [4.78, 5) is 22.7. The maximum absolute atomic E-state index is 12.6. The molecule has 2 heterocycles. The van der Waals surface area contributed by atoms with E-state index in [2.05, 4.69) is 22.2 Å². The number of para-hydroxylation sites is 1. The highest BCUT2D eigenvalue weighted by Crippen LogP contribution is 2.32. The molecule has 0 bridgehead atoms. The molecule has 2 aromatic heterocycles. The van der Waals surface area contributed by atoms with Gasteiger partial charge in [-0.15, -0.1) is 11.3 Å². The normalized spacial score (nSPS) is 16.6. The molecule has 3 aromatic rings. The Hall–Kier alpha value is -2.47. The second-order valence-electron chi connectivity index (χ2n) is 6.18. The number of aryl methyl sites for hydroxylation is 1. The predicted molar refractivity (Wildman–Crippen MR) is 94.8 cm³/mol. The molecular formula is C18H18N4OS. The fourth-order valence-electron chi connectivity index (χ4n) is 3.01. The molecule has 1 amide bonds. The van der Waals surface area contributed by atoms with Gasteiger partial charge in [-0.1, -0.05) is 25.1 Å². The van der Waals surface area contributed by atoms with Gasteiger partial charge in [0, 0.05) is 10.6 Å². The first-order valence-corrected chi connectivity index (χ1v) is 8.90. The first kappa shape index (κ1) is 15.1. The minimum atomic E-state index is -0.185. The topological polar surface area (TPSA) is 59.8 Å². The standard InChI is InChI=1S/C18H18N4OS/c1-12-7-8-14-16(9-12)24-18(20-14)21-17(23)15-10-19-11-22(15)13-5-3-2-4-6-13/h2-6,10-12H,7-9H2,1H3,(H,20,21,23). The Morgan fingerprint density at radius 2 is 2.17 bits per heavy atom. The van der Waals surface area contributed by atoms with E-state index in [0.717, 1.165) is 24.2 Å². The molecule has 24 heavy (non-hydrogen) atoms. The van der Waals surface area contributed by atoms with Crippen molar-refractivity contribution >= 4 is 22.4 Å². The number of fused-ring (bicyclic) bond motifs is 1. The molecule has 0 saturated carbocycles. The van der Waals surface area contributed by atoms with Crippen molar-refractivity contribution in [2.45, 2.75) is 26.2 Å². The van der Waals surface area contributed by atoms with E-state index in [1.165, 1.54) is 11.3 Å². The van der Waals surface area contributed by atoms with E-state index < -0.39 is 0 Å². The van der Waals surface area contributed by atoms with Crippen molar-refractivity contribution in [3.63, 3.8) is 0 Å². The summed E-state index contributed by atoms with van der Waals surface area (Å²) < 4.78 is 1.78. The van der Waals surface area contributed by atoms with Gasteiger partial charge >= 0.3 is 0 Å². The molecule has 4 rings (SSSR count). The summed E-state index contributed by atoms with van der Waals surface area (Å²) in [6, 6.07) is 9.71. The van der Waals surface area contributed by atoms with Crippen molar-refractivity contribution in [1.82, 2.24) is 14.5 Å². The monoisotopic (exact) mass is 338 g/mol. The van der Waals surface area contributed by atoms with E-state index in [0.29, 0.717) is 16.7 Å². The van der Waals surface area contributed by atoms with Gasteiger partial charge < -0.3 is 0 Å². The molecular weight excluding hydrogens is 320 g/mol. The number of nitrogens with zero attached hydrogens (tertiary/aromatic N) is 3. The fraction of sp³-hybridized carbons (Fsp3) is 0.278. The van der Waals surface area contributed by atoms with Crippen LogP contribution in [0.3, 0.4) is 0 Å². The number of benzene rings is 1. The van der Waals surface area contributed by atoms with Gasteiger partial charge in [-0.05, 0) is 37.3 Å². The van der Waals surface area contributed by atoms with Crippen LogP contribution in [0.4, 0.5) is 5.13 Å². The third kappa shape index (κ3) is 2.85. The number of anilines is 1. The number of amides is 1. The molecule has 0 spiro atoms. The lowest BCUT2D eigenvalue weighted by Crippen LogP contribution is -2.16. The summed E-state index contributed by atoms with van der Waals surface area (Å²) in [6.07, 6.45) is 6.47. The van der Waals surface area contributed by atoms with Crippen molar-refractivity contribution in [1.29, 1.82) is 0 Å². The Balaban J connectivity index is 1.57. The zero-order chi connectivity index (χ0) is 16.5. The average molecular weight is 338 g/mol. The molecule has 1 unspecified atom stereocenters. The summed E-state index contributed by atoms with van der Waals surface area (Å²) in [5, 5.41) is 3.61. The third-order valence-corrected chi connectivity index (χ3v) is 5.35. The fourth-order valence-corrected chi connectivity index (χ4v) is 4.18. The van der Waals surface area contributed by atoms with E-state index in [1.807, 2.05) is 30.3 Å². The number of hydrogen-bond donors (Lipinski definition) is 1. The number of rotatable bonds is 3. The van der Waals surface area contributed by atoms with Crippen LogP contribution >= 0.6 is 11.3 Å². The molecule has 122 valence electrons.